The molecule has 1 aliphatic carbocycles. The summed E-state index contributed by atoms with van der Waals surface area (Å²) in [4.78, 5) is 0. The van der Waals surface area contributed by atoms with Crippen LogP contribution in [0.25, 0.3) is 0 Å². The summed E-state index contributed by atoms with van der Waals surface area (Å²) < 4.78 is 0. The molecule has 0 aromatic heterocycles. The number of rotatable bonds is 1. The molecule has 0 aliphatic heterocycles. The van der Waals surface area contributed by atoms with Crippen molar-refractivity contribution >= 4 is 0 Å². The monoisotopic (exact) mass is 194 g/mol. The van der Waals surface area contributed by atoms with E-state index >= 15 is 0 Å². The van der Waals surface area contributed by atoms with Crippen LogP contribution < -0.4 is 56.5 Å². The molecule has 1 saturated carbocycles. The maximum Gasteiger partial charge on any atom is 1.00 e. The van der Waals surface area contributed by atoms with Crippen LogP contribution in [-0.2, 0) is 0 Å². The van der Waals surface area contributed by atoms with Crippen LogP contribution in [0.3, 0.4) is 0 Å². The molecule has 0 heterocycles. The van der Waals surface area contributed by atoms with Crippen molar-refractivity contribution in [2.75, 3.05) is 0 Å². The first-order valence-electron chi connectivity index (χ1n) is 4.77. The van der Waals surface area contributed by atoms with Gasteiger partial charge >= 0.3 is 51.4 Å². The van der Waals surface area contributed by atoms with Crippen molar-refractivity contribution in [1.29, 1.82) is 0 Å². The van der Waals surface area contributed by atoms with Crippen molar-refractivity contribution in [2.24, 2.45) is 17.8 Å². The number of hydrogen-bond acceptors (Lipinski definition) is 1. The minimum Gasteiger partial charge on any atom is -0.852 e. The first-order chi connectivity index (χ1) is 5.11. The van der Waals surface area contributed by atoms with E-state index in [1.54, 1.807) is 0 Å². The van der Waals surface area contributed by atoms with Gasteiger partial charge in [0.25, 0.3) is 0 Å². The molecule has 3 unspecified atom stereocenters. The molecule has 66 valence electrons. The Bertz CT molecular complexity index is 125. The van der Waals surface area contributed by atoms with Gasteiger partial charge in [-0.1, -0.05) is 46.0 Å². The smallest absolute Gasteiger partial charge is 0.852 e. The quantitative estimate of drug-likeness (QED) is 0.482. The first kappa shape index (κ1) is 13.6. The van der Waals surface area contributed by atoms with Crippen LogP contribution in [0.2, 0.25) is 0 Å². The van der Waals surface area contributed by atoms with Crippen LogP contribution in [0.1, 0.15) is 40.0 Å². The average molecular weight is 194 g/mol. The second-order valence-corrected chi connectivity index (χ2v) is 4.36. The standard InChI is InChI=1S/C10H19O.K/c1-7(2)9-5-4-8(3)6-10(9)11;/h7-10H,4-6H2,1-3H3;/q-1;+1. The molecule has 0 radical (unpaired) electrons. The Morgan fingerprint density at radius 2 is 1.83 bits per heavy atom. The van der Waals surface area contributed by atoms with Crippen LogP contribution in [0.5, 0.6) is 0 Å². The molecule has 3 atom stereocenters. The fourth-order valence-electron chi connectivity index (χ4n) is 2.11. The van der Waals surface area contributed by atoms with Crippen molar-refractivity contribution in [3.63, 3.8) is 0 Å². The molecule has 0 saturated heterocycles. The molecular formula is C10H19KO. The van der Waals surface area contributed by atoms with E-state index in [-0.39, 0.29) is 57.5 Å². The molecule has 0 aromatic rings. The largest absolute Gasteiger partial charge is 1.00 e. The minimum atomic E-state index is -0.279. The third-order valence-corrected chi connectivity index (χ3v) is 2.96. The van der Waals surface area contributed by atoms with E-state index in [0.717, 1.165) is 12.8 Å². The van der Waals surface area contributed by atoms with Gasteiger partial charge in [-0.2, -0.15) is 0 Å². The predicted octanol–water partition coefficient (Wildman–Crippen LogP) is -1.19. The van der Waals surface area contributed by atoms with Crippen LogP contribution in [0.4, 0.5) is 0 Å². The molecule has 1 rings (SSSR count). The van der Waals surface area contributed by atoms with Gasteiger partial charge in [-0.3, -0.25) is 0 Å². The molecule has 0 spiro atoms. The van der Waals surface area contributed by atoms with Gasteiger partial charge in [0, 0.05) is 0 Å². The van der Waals surface area contributed by atoms with Gasteiger partial charge < -0.3 is 5.11 Å². The summed E-state index contributed by atoms with van der Waals surface area (Å²) in [7, 11) is 0. The van der Waals surface area contributed by atoms with Crippen molar-refractivity contribution in [1.82, 2.24) is 0 Å². The molecular weight excluding hydrogens is 175 g/mol. The van der Waals surface area contributed by atoms with Crippen molar-refractivity contribution in [2.45, 2.75) is 46.1 Å². The third-order valence-electron chi connectivity index (χ3n) is 2.96. The summed E-state index contributed by atoms with van der Waals surface area (Å²) in [6, 6.07) is 0. The predicted molar refractivity (Wildman–Crippen MR) is 45.1 cm³/mol. The zero-order chi connectivity index (χ0) is 8.43. The maximum absolute atomic E-state index is 11.5. The Balaban J connectivity index is 0.00000121. The van der Waals surface area contributed by atoms with E-state index in [1.165, 1.54) is 6.42 Å². The molecule has 1 aliphatic rings. The minimum absolute atomic E-state index is 0. The van der Waals surface area contributed by atoms with Crippen molar-refractivity contribution < 1.29 is 56.5 Å². The van der Waals surface area contributed by atoms with Gasteiger partial charge in [0.1, 0.15) is 0 Å². The molecule has 2 heteroatoms. The van der Waals surface area contributed by atoms with Crippen LogP contribution in [0, 0.1) is 17.8 Å². The summed E-state index contributed by atoms with van der Waals surface area (Å²) >= 11 is 0. The Morgan fingerprint density at radius 3 is 2.25 bits per heavy atom. The van der Waals surface area contributed by atoms with Gasteiger partial charge in [-0.15, -0.1) is 6.10 Å². The van der Waals surface area contributed by atoms with Crippen molar-refractivity contribution in [3.8, 4) is 0 Å². The summed E-state index contributed by atoms with van der Waals surface area (Å²) in [5, 5.41) is 11.5. The molecule has 1 nitrogen and oxygen atoms in total. The average Bonchev–Trinajstić information content (AvgIpc) is 1.85. The fourth-order valence-corrected chi connectivity index (χ4v) is 2.11. The van der Waals surface area contributed by atoms with Crippen LogP contribution in [-0.4, -0.2) is 6.10 Å². The molecule has 0 bridgehead atoms. The number of hydrogen-bond donors (Lipinski definition) is 0. The summed E-state index contributed by atoms with van der Waals surface area (Å²) in [5.41, 5.74) is 0. The SMILES string of the molecule is CC1CCC(C(C)C)C([O-])C1.[K+]. The first-order valence-corrected chi connectivity index (χ1v) is 4.77. The second-order valence-electron chi connectivity index (χ2n) is 4.36. The van der Waals surface area contributed by atoms with E-state index in [9.17, 15) is 5.11 Å². The third kappa shape index (κ3) is 3.77. The van der Waals surface area contributed by atoms with E-state index in [0.29, 0.717) is 17.8 Å². The molecule has 0 N–H and O–H groups in total. The Labute approximate surface area is 119 Å². The molecule has 1 fully saturated rings. The second kappa shape index (κ2) is 6.15. The van der Waals surface area contributed by atoms with Crippen LogP contribution in [0.15, 0.2) is 0 Å². The summed E-state index contributed by atoms with van der Waals surface area (Å²) in [5.74, 6) is 1.71. The molecule has 0 aromatic carbocycles. The zero-order valence-electron chi connectivity index (χ0n) is 8.84. The maximum atomic E-state index is 11.5. The van der Waals surface area contributed by atoms with Gasteiger partial charge in [0.05, 0.1) is 0 Å². The van der Waals surface area contributed by atoms with Crippen molar-refractivity contribution in [3.05, 3.63) is 0 Å². The summed E-state index contributed by atoms with van der Waals surface area (Å²) in [6.07, 6.45) is 3.05. The van der Waals surface area contributed by atoms with E-state index < -0.39 is 0 Å². The fraction of sp³-hybridized carbons (Fsp3) is 1.00. The molecule has 0 amide bonds. The Kier molecular flexibility index (Phi) is 6.97. The Hall–Kier alpha value is 1.60. The van der Waals surface area contributed by atoms with Gasteiger partial charge in [0.15, 0.2) is 0 Å². The van der Waals surface area contributed by atoms with E-state index in [4.69, 9.17) is 0 Å². The van der Waals surface area contributed by atoms with Gasteiger partial charge in [-0.25, -0.2) is 0 Å². The van der Waals surface area contributed by atoms with Gasteiger partial charge in [-0.05, 0) is 11.8 Å². The van der Waals surface area contributed by atoms with Crippen LogP contribution >= 0.6 is 0 Å². The van der Waals surface area contributed by atoms with E-state index in [1.807, 2.05) is 0 Å². The summed E-state index contributed by atoms with van der Waals surface area (Å²) in [6.45, 7) is 6.54. The topological polar surface area (TPSA) is 23.1 Å². The molecule has 12 heavy (non-hydrogen) atoms. The van der Waals surface area contributed by atoms with E-state index in [2.05, 4.69) is 20.8 Å². The zero-order valence-corrected chi connectivity index (χ0v) is 12.0. The Morgan fingerprint density at radius 1 is 1.25 bits per heavy atom. The normalized spacial score (nSPS) is 36.2. The van der Waals surface area contributed by atoms with Gasteiger partial charge in [0.2, 0.25) is 0 Å².